The van der Waals surface area contributed by atoms with E-state index in [1.165, 1.54) is 60.7 Å². The fraction of sp³-hybridized carbons (Fsp3) is 0.0667. The lowest BCUT2D eigenvalue weighted by atomic mass is 10.1. The largest absolute Gasteiger partial charge is 0.505 e. The van der Waals surface area contributed by atoms with Gasteiger partial charge >= 0.3 is 20.8 Å². The Bertz CT molecular complexity index is 6840. The second-order valence-corrected chi connectivity index (χ2v) is 38.4. The number of rotatable bonds is 32. The molecule has 48 nitrogen and oxygen atoms in total. The minimum atomic E-state index is -5.55. The number of hydrogen-bond donors (Lipinski definition) is 16. The van der Waals surface area contributed by atoms with Crippen molar-refractivity contribution in [1.29, 1.82) is 0 Å². The third-order valence-corrected chi connectivity index (χ3v) is 24.9. The van der Waals surface area contributed by atoms with Crippen LogP contribution >= 0.6 is 0 Å². The van der Waals surface area contributed by atoms with E-state index in [0.717, 1.165) is 60.7 Å². The van der Waals surface area contributed by atoms with Crippen molar-refractivity contribution in [3.63, 3.8) is 0 Å². The zero-order valence-corrected chi connectivity index (χ0v) is 66.0. The lowest BCUT2D eigenvalue weighted by Gasteiger charge is -2.16. The van der Waals surface area contributed by atoms with Crippen LogP contribution in [0.5, 0.6) is 11.5 Å². The van der Waals surface area contributed by atoms with Gasteiger partial charge in [0.25, 0.3) is 60.7 Å². The fourth-order valence-electron chi connectivity index (χ4n) is 10.5. The SMILES string of the molecule is O=S(=O)(O)OCCS(=O)(=O)c1cccc(Nc2nc(Nc3ccc(Nc4nc(Nc5cccc(S(=O)(=O)CCOS(=O)(=O)O)c5)nc(Nc5cc(S(=O)(=O)O)cc6cc(S(=O)(=O)O)c(N=Nc7ccccc7S(=O)(=O)O)c(O)c56)n4)cc3)nc(Nc3cc(S(=O)(=O)O)cc4cc(S(=O)(=O)O)c(N=Nc5ccccc5S(=O)(=O)O)c(O)c34)n2)c1. The summed E-state index contributed by atoms with van der Waals surface area (Å²) in [5.41, 5.74) is -5.23. The monoisotopic (exact) mass is 1830 g/mol. The van der Waals surface area contributed by atoms with E-state index in [4.69, 9.17) is 9.11 Å². The number of benzene rings is 9. The molecule has 2 heterocycles. The molecule has 0 radical (unpaired) electrons. The number of phenolic OH excluding ortho intramolecular Hbond substituents is 2. The molecule has 0 aliphatic carbocycles. The van der Waals surface area contributed by atoms with Gasteiger partial charge in [-0.25, -0.2) is 25.2 Å². The van der Waals surface area contributed by atoms with Crippen molar-refractivity contribution < 1.29 is 139 Å². The molecule has 58 heteroatoms. The molecule has 0 fully saturated rings. The van der Waals surface area contributed by atoms with Crippen molar-refractivity contribution in [2.75, 3.05) is 56.6 Å². The smallest absolute Gasteiger partial charge is 0.397 e. The van der Waals surface area contributed by atoms with Crippen LogP contribution in [0, 0.1) is 0 Å². The number of nitrogens with zero attached hydrogens (tertiary/aromatic N) is 10. The summed E-state index contributed by atoms with van der Waals surface area (Å²) in [5.74, 6) is -8.14. The quantitative estimate of drug-likeness (QED) is 0.0142. The van der Waals surface area contributed by atoms with E-state index >= 15 is 0 Å². The van der Waals surface area contributed by atoms with Crippen molar-refractivity contribution in [3.05, 3.63) is 158 Å². The number of anilines is 12. The second kappa shape index (κ2) is 33.0. The Morgan fingerprint density at radius 3 is 0.907 bits per heavy atom. The van der Waals surface area contributed by atoms with Gasteiger partial charge in [-0.1, -0.05) is 36.4 Å². The Balaban J connectivity index is 1.01. The van der Waals surface area contributed by atoms with Gasteiger partial charge in [0.05, 0.1) is 55.7 Å². The van der Waals surface area contributed by atoms with Gasteiger partial charge in [-0.3, -0.25) is 36.4 Å². The summed E-state index contributed by atoms with van der Waals surface area (Å²) in [6, 6.07) is 26.3. The van der Waals surface area contributed by atoms with Gasteiger partial charge in [0.2, 0.25) is 35.7 Å². The normalized spacial score (nSPS) is 12.9. The van der Waals surface area contributed by atoms with Gasteiger partial charge in [-0.2, -0.15) is 97.2 Å². The standard InChI is InChI=1S/C60H50N16O32S10/c77-53-49-31(25-47(115(95,96)97)51(53)75-73-41-11-1-3-13-45(41)113(89,90)91)23-39(111(83,84)85)29-43(49)65-59-69-55(67-57(71-59)63-35-7-5-9-37(27-35)109(79,80)21-19-107-117(101,102)103)61-33-15-17-34(18-16-33)62-56-68-58(64-36-8-6-10-38(28-36)110(81,82)22-20-108-118(104,105)106)72-60(70-56)66-44-30-40(112(86,87)88)24-32-26-48(116(98,99)100)52(54(78)50(32)44)76-74-42-12-2-4-14-46(42)114(92,93)94/h1-18,23-30,77-78H,19-22H2,(H,83,84,85)(H,86,87,88)(H,89,90,91)(H,92,93,94)(H,95,96,97)(H,98,99,100)(H,101,102,103)(H,104,105,106)(H3,61,63,65,67,69,71)(H3,62,64,66,68,70,72). The lowest BCUT2D eigenvalue weighted by Crippen LogP contribution is -2.15. The molecule has 9 aromatic carbocycles. The van der Waals surface area contributed by atoms with Gasteiger partial charge in [-0.15, -0.1) is 20.5 Å². The molecule has 622 valence electrons. The highest BCUT2D eigenvalue weighted by Crippen LogP contribution is 2.48. The van der Waals surface area contributed by atoms with Gasteiger partial charge in [0.15, 0.2) is 31.2 Å². The van der Waals surface area contributed by atoms with E-state index in [1.807, 2.05) is 0 Å². The molecule has 11 aromatic rings. The summed E-state index contributed by atoms with van der Waals surface area (Å²) in [5, 5.41) is 52.4. The fourth-order valence-corrected chi connectivity index (χ4v) is 17.2. The van der Waals surface area contributed by atoms with Crippen molar-refractivity contribution in [1.82, 2.24) is 29.9 Å². The number of phenols is 2. The molecule has 2 aromatic heterocycles. The molecule has 0 bridgehead atoms. The minimum Gasteiger partial charge on any atom is -0.505 e. The summed E-state index contributed by atoms with van der Waals surface area (Å²) in [4.78, 5) is 18.5. The molecule has 0 unspecified atom stereocenters. The topological polar surface area (TPSA) is 761 Å². The number of hydrogen-bond acceptors (Lipinski definition) is 40. The lowest BCUT2D eigenvalue weighted by molar-refractivity contribution is 0.282. The second-order valence-electron chi connectivity index (χ2n) is 23.6. The molecule has 0 saturated carbocycles. The molecule has 118 heavy (non-hydrogen) atoms. The van der Waals surface area contributed by atoms with E-state index < -0.39 is 268 Å². The highest BCUT2D eigenvalue weighted by atomic mass is 32.3. The molecule has 0 spiro atoms. The van der Waals surface area contributed by atoms with Gasteiger partial charge in [-0.05, 0) is 132 Å². The molecular formula is C60H50N16O32S10. The van der Waals surface area contributed by atoms with Crippen molar-refractivity contribution in [2.24, 2.45) is 20.5 Å². The van der Waals surface area contributed by atoms with Gasteiger partial charge in [0.1, 0.15) is 42.3 Å². The summed E-state index contributed by atoms with van der Waals surface area (Å²) in [6.07, 6.45) is 0. The highest BCUT2D eigenvalue weighted by Gasteiger charge is 2.31. The van der Waals surface area contributed by atoms with E-state index in [9.17, 15) is 122 Å². The first kappa shape index (κ1) is 87.1. The van der Waals surface area contributed by atoms with Crippen molar-refractivity contribution in [2.45, 2.75) is 39.2 Å². The number of azo groups is 2. The van der Waals surface area contributed by atoms with Crippen LogP contribution in [0.3, 0.4) is 0 Å². The average molecular weight is 1830 g/mol. The first-order valence-corrected chi connectivity index (χ1v) is 46.1. The van der Waals surface area contributed by atoms with Crippen molar-refractivity contribution in [3.8, 4) is 11.5 Å². The summed E-state index contributed by atoms with van der Waals surface area (Å²) >= 11 is 0. The molecular weight excluding hydrogens is 1780 g/mol. The van der Waals surface area contributed by atoms with Crippen molar-refractivity contribution >= 4 is 215 Å². The zero-order valence-electron chi connectivity index (χ0n) is 57.8. The number of nitrogens with one attached hydrogen (secondary N) is 6. The molecule has 0 aliphatic heterocycles. The summed E-state index contributed by atoms with van der Waals surface area (Å²) in [6.45, 7) is -2.09. The number of aromatic nitrogens is 6. The maximum Gasteiger partial charge on any atom is 0.397 e. The summed E-state index contributed by atoms with van der Waals surface area (Å²) < 4.78 is 338. The van der Waals surface area contributed by atoms with E-state index in [2.05, 4.69) is 90.6 Å². The van der Waals surface area contributed by atoms with Crippen LogP contribution in [-0.2, 0) is 110 Å². The number of sulfone groups is 2. The van der Waals surface area contributed by atoms with Gasteiger partial charge < -0.3 is 42.1 Å². The summed E-state index contributed by atoms with van der Waals surface area (Å²) in [7, 11) is -51.0. The third-order valence-electron chi connectivity index (χ3n) is 15.4. The molecule has 0 amide bonds. The molecule has 11 rings (SSSR count). The third kappa shape index (κ3) is 21.7. The minimum absolute atomic E-state index is 0.0116. The van der Waals surface area contributed by atoms with Gasteiger partial charge in [0, 0.05) is 33.5 Å². The Labute approximate surface area is 665 Å². The number of fused-ring (bicyclic) bond motifs is 2. The van der Waals surface area contributed by atoms with E-state index in [0.29, 0.717) is 36.4 Å². The van der Waals surface area contributed by atoms with E-state index in [-0.39, 0.29) is 22.7 Å². The maximum absolute atomic E-state index is 13.4. The first-order chi connectivity index (χ1) is 54.7. The average Bonchev–Trinajstić information content (AvgIpc) is 0.748. The Morgan fingerprint density at radius 1 is 0.297 bits per heavy atom. The zero-order chi connectivity index (χ0) is 86.3. The number of aromatic hydroxyl groups is 2. The Kier molecular flexibility index (Phi) is 24.3. The van der Waals surface area contributed by atoms with Crippen LogP contribution < -0.4 is 31.9 Å². The Morgan fingerprint density at radius 2 is 0.602 bits per heavy atom. The van der Waals surface area contributed by atoms with Crippen LogP contribution in [0.15, 0.2) is 217 Å². The molecule has 16 N–H and O–H groups in total. The van der Waals surface area contributed by atoms with E-state index in [1.54, 1.807) is 0 Å². The maximum atomic E-state index is 13.4. The molecule has 0 saturated heterocycles. The van der Waals surface area contributed by atoms with Crippen LogP contribution in [0.25, 0.3) is 21.5 Å². The van der Waals surface area contributed by atoms with Crippen LogP contribution in [0.2, 0.25) is 0 Å². The van der Waals surface area contributed by atoms with Crippen LogP contribution in [0.1, 0.15) is 0 Å². The molecule has 0 aliphatic rings. The Hall–Kier alpha value is -11.8. The predicted octanol–water partition coefficient (Wildman–Crippen LogP) is 7.73. The highest BCUT2D eigenvalue weighted by molar-refractivity contribution is 7.92. The molecule has 0 atom stereocenters. The van der Waals surface area contributed by atoms with Crippen LogP contribution in [-0.4, -0.2) is 185 Å². The first-order valence-electron chi connectivity index (χ1n) is 31.4. The predicted molar refractivity (Wildman–Crippen MR) is 409 cm³/mol. The van der Waals surface area contributed by atoms with Crippen LogP contribution in [0.4, 0.5) is 92.6 Å².